The van der Waals surface area contributed by atoms with Crippen LogP contribution in [0.1, 0.15) is 89.5 Å². The molecule has 0 heterocycles. The third kappa shape index (κ3) is 12.5. The van der Waals surface area contributed by atoms with Crippen molar-refractivity contribution >= 4 is 5.97 Å². The average molecular weight is 349 g/mol. The summed E-state index contributed by atoms with van der Waals surface area (Å²) in [5, 5.41) is 8.74. The minimum atomic E-state index is -0.801. The number of carbonyl (C=O) groups is 1. The Kier molecular flexibility index (Phi) is 12.7. The van der Waals surface area contributed by atoms with E-state index >= 15 is 0 Å². The van der Waals surface area contributed by atoms with Crippen LogP contribution in [0.3, 0.4) is 0 Å². The van der Waals surface area contributed by atoms with E-state index in [0.29, 0.717) is 0 Å². The number of hydrogen-bond acceptors (Lipinski definition) is 2. The van der Waals surface area contributed by atoms with Crippen molar-refractivity contribution in [2.24, 2.45) is 0 Å². The molecule has 0 spiro atoms. The molecule has 1 aromatic rings. The maximum Gasteiger partial charge on any atom is 0.307 e. The number of carboxylic acids is 1. The SMILES string of the molecule is CCCCCCCCCCCCCCOc1ccc(CC(=O)O)cc1. The molecule has 0 bridgehead atoms. The van der Waals surface area contributed by atoms with Gasteiger partial charge in [-0.25, -0.2) is 0 Å². The fourth-order valence-electron chi connectivity index (χ4n) is 3.01. The van der Waals surface area contributed by atoms with E-state index in [1.165, 1.54) is 70.6 Å². The normalized spacial score (nSPS) is 10.8. The van der Waals surface area contributed by atoms with Gasteiger partial charge in [-0.05, 0) is 24.1 Å². The molecule has 1 N–H and O–H groups in total. The Labute approximate surface area is 153 Å². The smallest absolute Gasteiger partial charge is 0.307 e. The second kappa shape index (κ2) is 14.8. The van der Waals surface area contributed by atoms with Gasteiger partial charge >= 0.3 is 5.97 Å². The summed E-state index contributed by atoms with van der Waals surface area (Å²) < 4.78 is 5.71. The van der Waals surface area contributed by atoms with Crippen molar-refractivity contribution in [1.29, 1.82) is 0 Å². The van der Waals surface area contributed by atoms with Crippen LogP contribution in [0.2, 0.25) is 0 Å². The fourth-order valence-corrected chi connectivity index (χ4v) is 3.01. The molecule has 3 nitrogen and oxygen atoms in total. The van der Waals surface area contributed by atoms with E-state index in [1.807, 2.05) is 24.3 Å². The summed E-state index contributed by atoms with van der Waals surface area (Å²) in [6.45, 7) is 3.01. The van der Waals surface area contributed by atoms with Crippen LogP contribution < -0.4 is 4.74 Å². The molecule has 0 fully saturated rings. The molecule has 0 unspecified atom stereocenters. The van der Waals surface area contributed by atoms with Gasteiger partial charge < -0.3 is 9.84 Å². The minimum Gasteiger partial charge on any atom is -0.494 e. The highest BCUT2D eigenvalue weighted by Gasteiger charge is 2.01. The second-order valence-corrected chi connectivity index (χ2v) is 6.95. The summed E-state index contributed by atoms with van der Waals surface area (Å²) >= 11 is 0. The van der Waals surface area contributed by atoms with Crippen LogP contribution in [0.5, 0.6) is 5.75 Å². The first kappa shape index (κ1) is 21.5. The minimum absolute atomic E-state index is 0.0685. The monoisotopic (exact) mass is 348 g/mol. The molecule has 0 aliphatic rings. The second-order valence-electron chi connectivity index (χ2n) is 6.95. The third-order valence-electron chi connectivity index (χ3n) is 4.55. The summed E-state index contributed by atoms with van der Waals surface area (Å²) in [6, 6.07) is 7.37. The van der Waals surface area contributed by atoms with Gasteiger partial charge in [0, 0.05) is 0 Å². The highest BCUT2D eigenvalue weighted by Crippen LogP contribution is 2.14. The summed E-state index contributed by atoms with van der Waals surface area (Å²) in [6.07, 6.45) is 16.2. The molecule has 0 aliphatic heterocycles. The van der Waals surface area contributed by atoms with Gasteiger partial charge in [0.05, 0.1) is 13.0 Å². The van der Waals surface area contributed by atoms with Crippen molar-refractivity contribution in [3.63, 3.8) is 0 Å². The van der Waals surface area contributed by atoms with Crippen LogP contribution in [-0.2, 0) is 11.2 Å². The molecule has 1 rings (SSSR count). The lowest BCUT2D eigenvalue weighted by Crippen LogP contribution is -2.00. The molecular weight excluding hydrogens is 312 g/mol. The molecule has 0 aromatic heterocycles. The molecule has 0 radical (unpaired) electrons. The quantitative estimate of drug-likeness (QED) is 0.352. The van der Waals surface area contributed by atoms with Crippen LogP contribution in [0.25, 0.3) is 0 Å². The summed E-state index contributed by atoms with van der Waals surface area (Å²) in [5.74, 6) is 0.0300. The van der Waals surface area contributed by atoms with Gasteiger partial charge in [-0.1, -0.05) is 89.7 Å². The Balaban J connectivity index is 1.89. The predicted molar refractivity (Wildman–Crippen MR) is 104 cm³/mol. The first-order valence-electron chi connectivity index (χ1n) is 10.2. The molecule has 0 amide bonds. The molecule has 142 valence electrons. The van der Waals surface area contributed by atoms with Crippen molar-refractivity contribution in [1.82, 2.24) is 0 Å². The molecule has 3 heteroatoms. The Morgan fingerprint density at radius 1 is 0.800 bits per heavy atom. The van der Waals surface area contributed by atoms with Crippen molar-refractivity contribution in [2.75, 3.05) is 6.61 Å². The zero-order valence-corrected chi connectivity index (χ0v) is 16.0. The van der Waals surface area contributed by atoms with E-state index in [1.54, 1.807) is 0 Å². The highest BCUT2D eigenvalue weighted by molar-refractivity contribution is 5.70. The Hall–Kier alpha value is -1.51. The van der Waals surface area contributed by atoms with E-state index in [0.717, 1.165) is 24.3 Å². The maximum absolute atomic E-state index is 10.6. The van der Waals surface area contributed by atoms with Gasteiger partial charge in [0.2, 0.25) is 0 Å². The summed E-state index contributed by atoms with van der Waals surface area (Å²) in [7, 11) is 0. The Morgan fingerprint density at radius 2 is 1.28 bits per heavy atom. The average Bonchev–Trinajstić information content (AvgIpc) is 2.60. The number of benzene rings is 1. The van der Waals surface area contributed by atoms with E-state index in [-0.39, 0.29) is 6.42 Å². The number of hydrogen-bond donors (Lipinski definition) is 1. The lowest BCUT2D eigenvalue weighted by atomic mass is 10.1. The molecular formula is C22H36O3. The Morgan fingerprint density at radius 3 is 1.76 bits per heavy atom. The molecule has 1 aromatic carbocycles. The van der Waals surface area contributed by atoms with Crippen LogP contribution in [-0.4, -0.2) is 17.7 Å². The zero-order valence-electron chi connectivity index (χ0n) is 16.0. The van der Waals surface area contributed by atoms with Crippen LogP contribution in [0.15, 0.2) is 24.3 Å². The summed E-state index contributed by atoms with van der Waals surface area (Å²) in [4.78, 5) is 10.6. The van der Waals surface area contributed by atoms with Gasteiger partial charge in [-0.2, -0.15) is 0 Å². The molecule has 0 atom stereocenters. The fraction of sp³-hybridized carbons (Fsp3) is 0.682. The lowest BCUT2D eigenvalue weighted by molar-refractivity contribution is -0.136. The van der Waals surface area contributed by atoms with Crippen LogP contribution in [0, 0.1) is 0 Å². The first-order valence-corrected chi connectivity index (χ1v) is 10.2. The van der Waals surface area contributed by atoms with E-state index in [9.17, 15) is 4.79 Å². The molecule has 0 saturated heterocycles. The third-order valence-corrected chi connectivity index (χ3v) is 4.55. The lowest BCUT2D eigenvalue weighted by Gasteiger charge is -2.07. The van der Waals surface area contributed by atoms with Crippen molar-refractivity contribution in [3.05, 3.63) is 29.8 Å². The van der Waals surface area contributed by atoms with E-state index < -0.39 is 5.97 Å². The highest BCUT2D eigenvalue weighted by atomic mass is 16.5. The van der Waals surface area contributed by atoms with E-state index in [4.69, 9.17) is 9.84 Å². The van der Waals surface area contributed by atoms with Crippen molar-refractivity contribution < 1.29 is 14.6 Å². The Bertz CT molecular complexity index is 439. The van der Waals surface area contributed by atoms with Gasteiger partial charge in [0.1, 0.15) is 5.75 Å². The summed E-state index contributed by atoms with van der Waals surface area (Å²) in [5.41, 5.74) is 0.810. The topological polar surface area (TPSA) is 46.5 Å². The van der Waals surface area contributed by atoms with Crippen molar-refractivity contribution in [2.45, 2.75) is 90.4 Å². The van der Waals surface area contributed by atoms with Crippen LogP contribution in [0.4, 0.5) is 0 Å². The number of unbranched alkanes of at least 4 members (excludes halogenated alkanes) is 11. The van der Waals surface area contributed by atoms with E-state index in [2.05, 4.69) is 6.92 Å². The largest absolute Gasteiger partial charge is 0.494 e. The molecule has 25 heavy (non-hydrogen) atoms. The zero-order chi connectivity index (χ0) is 18.2. The standard InChI is InChI=1S/C22H36O3/c1-2-3-4-5-6-7-8-9-10-11-12-13-18-25-21-16-14-20(15-17-21)19-22(23)24/h14-17H,2-13,18-19H2,1H3,(H,23,24). The van der Waals surface area contributed by atoms with Gasteiger partial charge in [0.15, 0.2) is 0 Å². The molecule has 0 aliphatic carbocycles. The predicted octanol–water partition coefficient (Wildman–Crippen LogP) is 6.39. The van der Waals surface area contributed by atoms with Gasteiger partial charge in [-0.3, -0.25) is 4.79 Å². The molecule has 0 saturated carbocycles. The maximum atomic E-state index is 10.6. The number of carboxylic acid groups (broad SMARTS) is 1. The number of ether oxygens (including phenoxy) is 1. The van der Waals surface area contributed by atoms with Crippen LogP contribution >= 0.6 is 0 Å². The number of rotatable bonds is 16. The number of aliphatic carboxylic acids is 1. The van der Waals surface area contributed by atoms with Gasteiger partial charge in [0.25, 0.3) is 0 Å². The first-order chi connectivity index (χ1) is 12.2. The van der Waals surface area contributed by atoms with Crippen molar-refractivity contribution in [3.8, 4) is 5.75 Å². The van der Waals surface area contributed by atoms with Gasteiger partial charge in [-0.15, -0.1) is 0 Å².